The molecule has 0 aliphatic carbocycles. The lowest BCUT2D eigenvalue weighted by Crippen LogP contribution is -2.34. The van der Waals surface area contributed by atoms with E-state index in [-0.39, 0.29) is 18.4 Å². The summed E-state index contributed by atoms with van der Waals surface area (Å²) in [5, 5.41) is 11.5. The standard InChI is InChI=1S/C13H16BrNO4/c1-8(2)10(13(17)18)7-15-12(16)6-4-9-3-5-11(14)19-9/h3-6,8,10H,7H2,1-2H3,(H,15,16)(H,17,18). The number of nitrogens with one attached hydrogen (secondary N) is 1. The monoisotopic (exact) mass is 329 g/mol. The maximum atomic E-state index is 11.5. The van der Waals surface area contributed by atoms with Gasteiger partial charge < -0.3 is 14.8 Å². The Labute approximate surface area is 119 Å². The largest absolute Gasteiger partial charge is 0.481 e. The van der Waals surface area contributed by atoms with Crippen molar-refractivity contribution in [2.75, 3.05) is 6.54 Å². The van der Waals surface area contributed by atoms with Crippen LogP contribution in [0.3, 0.4) is 0 Å². The van der Waals surface area contributed by atoms with Crippen LogP contribution >= 0.6 is 15.9 Å². The van der Waals surface area contributed by atoms with Gasteiger partial charge in [0.2, 0.25) is 5.91 Å². The molecule has 1 rings (SSSR count). The molecular weight excluding hydrogens is 314 g/mol. The second-order valence-electron chi connectivity index (χ2n) is 4.41. The van der Waals surface area contributed by atoms with E-state index in [0.29, 0.717) is 10.4 Å². The molecule has 0 bridgehead atoms. The summed E-state index contributed by atoms with van der Waals surface area (Å²) in [4.78, 5) is 22.5. The normalized spacial score (nSPS) is 12.8. The molecular formula is C13H16BrNO4. The Hall–Kier alpha value is -1.56. The number of hydrogen-bond donors (Lipinski definition) is 2. The fraction of sp³-hybridized carbons (Fsp3) is 0.385. The minimum atomic E-state index is -0.908. The van der Waals surface area contributed by atoms with Crippen molar-refractivity contribution in [3.8, 4) is 0 Å². The number of carboxylic acid groups (broad SMARTS) is 1. The highest BCUT2D eigenvalue weighted by Gasteiger charge is 2.21. The number of amides is 1. The Morgan fingerprint density at radius 3 is 2.63 bits per heavy atom. The van der Waals surface area contributed by atoms with E-state index in [9.17, 15) is 9.59 Å². The van der Waals surface area contributed by atoms with Crippen LogP contribution in [0.15, 0.2) is 27.3 Å². The zero-order chi connectivity index (χ0) is 14.4. The van der Waals surface area contributed by atoms with E-state index in [1.165, 1.54) is 12.2 Å². The third-order valence-corrected chi connectivity index (χ3v) is 3.04. The summed E-state index contributed by atoms with van der Waals surface area (Å²) >= 11 is 3.15. The lowest BCUT2D eigenvalue weighted by molar-refractivity contribution is -0.143. The molecule has 1 heterocycles. The Kier molecular flexibility index (Phi) is 5.82. The predicted octanol–water partition coefficient (Wildman–Crippen LogP) is 2.53. The molecule has 0 saturated heterocycles. The highest BCUT2D eigenvalue weighted by molar-refractivity contribution is 9.10. The third kappa shape index (κ3) is 5.30. The van der Waals surface area contributed by atoms with Gasteiger partial charge in [0, 0.05) is 12.6 Å². The SMILES string of the molecule is CC(C)C(CNC(=O)C=Cc1ccc(Br)o1)C(=O)O. The number of carbonyl (C=O) groups is 2. The highest BCUT2D eigenvalue weighted by atomic mass is 79.9. The smallest absolute Gasteiger partial charge is 0.308 e. The Morgan fingerprint density at radius 2 is 2.16 bits per heavy atom. The fourth-order valence-electron chi connectivity index (χ4n) is 1.45. The van der Waals surface area contributed by atoms with Crippen LogP contribution < -0.4 is 5.32 Å². The lowest BCUT2D eigenvalue weighted by atomic mass is 9.96. The Bertz CT molecular complexity index is 479. The van der Waals surface area contributed by atoms with Gasteiger partial charge in [-0.3, -0.25) is 9.59 Å². The summed E-state index contributed by atoms with van der Waals surface area (Å²) in [5.41, 5.74) is 0. The maximum absolute atomic E-state index is 11.5. The van der Waals surface area contributed by atoms with Crippen LogP contribution in [0.5, 0.6) is 0 Å². The summed E-state index contributed by atoms with van der Waals surface area (Å²) in [5.74, 6) is -1.34. The van der Waals surface area contributed by atoms with Gasteiger partial charge in [0.1, 0.15) is 5.76 Å². The first-order valence-electron chi connectivity index (χ1n) is 5.84. The van der Waals surface area contributed by atoms with Gasteiger partial charge >= 0.3 is 5.97 Å². The van der Waals surface area contributed by atoms with Crippen LogP contribution in [-0.4, -0.2) is 23.5 Å². The van der Waals surface area contributed by atoms with Gasteiger partial charge in [0.05, 0.1) is 5.92 Å². The van der Waals surface area contributed by atoms with Gasteiger partial charge in [-0.1, -0.05) is 13.8 Å². The molecule has 0 fully saturated rings. The van der Waals surface area contributed by atoms with Crippen molar-refractivity contribution in [3.05, 3.63) is 28.6 Å². The molecule has 0 spiro atoms. The Morgan fingerprint density at radius 1 is 1.47 bits per heavy atom. The molecule has 0 aromatic carbocycles. The fourth-order valence-corrected chi connectivity index (χ4v) is 1.77. The maximum Gasteiger partial charge on any atom is 0.308 e. The number of carboxylic acids is 1. The van der Waals surface area contributed by atoms with Crippen LogP contribution in [0.25, 0.3) is 6.08 Å². The zero-order valence-electron chi connectivity index (χ0n) is 10.7. The highest BCUT2D eigenvalue weighted by Crippen LogP contribution is 2.15. The topological polar surface area (TPSA) is 79.5 Å². The van der Waals surface area contributed by atoms with Gasteiger partial charge in [-0.05, 0) is 40.1 Å². The van der Waals surface area contributed by atoms with Crippen molar-refractivity contribution >= 4 is 33.9 Å². The summed E-state index contributed by atoms with van der Waals surface area (Å²) in [7, 11) is 0. The minimum absolute atomic E-state index is 0.0391. The van der Waals surface area contributed by atoms with Crippen molar-refractivity contribution in [3.63, 3.8) is 0 Å². The zero-order valence-corrected chi connectivity index (χ0v) is 12.3. The quantitative estimate of drug-likeness (QED) is 0.786. The van der Waals surface area contributed by atoms with Crippen molar-refractivity contribution in [2.45, 2.75) is 13.8 Å². The minimum Gasteiger partial charge on any atom is -0.481 e. The first-order valence-corrected chi connectivity index (χ1v) is 6.63. The van der Waals surface area contributed by atoms with Crippen molar-refractivity contribution in [2.24, 2.45) is 11.8 Å². The third-order valence-electron chi connectivity index (χ3n) is 2.61. The second-order valence-corrected chi connectivity index (χ2v) is 5.19. The van der Waals surface area contributed by atoms with E-state index < -0.39 is 11.9 Å². The predicted molar refractivity (Wildman–Crippen MR) is 74.4 cm³/mol. The molecule has 104 valence electrons. The van der Waals surface area contributed by atoms with E-state index in [1.54, 1.807) is 26.0 Å². The molecule has 0 aliphatic rings. The van der Waals surface area contributed by atoms with Crippen molar-refractivity contribution in [1.29, 1.82) is 0 Å². The lowest BCUT2D eigenvalue weighted by Gasteiger charge is -2.15. The summed E-state index contributed by atoms with van der Waals surface area (Å²) in [6, 6.07) is 3.43. The molecule has 1 unspecified atom stereocenters. The number of aliphatic carboxylic acids is 1. The molecule has 5 nitrogen and oxygen atoms in total. The molecule has 1 aromatic rings. The molecule has 19 heavy (non-hydrogen) atoms. The average molecular weight is 330 g/mol. The molecule has 1 atom stereocenters. The summed E-state index contributed by atoms with van der Waals surface area (Å²) in [6.45, 7) is 3.72. The van der Waals surface area contributed by atoms with E-state index in [1.807, 2.05) is 0 Å². The van der Waals surface area contributed by atoms with Gasteiger partial charge in [-0.15, -0.1) is 0 Å². The van der Waals surface area contributed by atoms with Gasteiger partial charge in [-0.25, -0.2) is 0 Å². The molecule has 1 amide bonds. The summed E-state index contributed by atoms with van der Waals surface area (Å²) < 4.78 is 5.77. The average Bonchev–Trinajstić information content (AvgIpc) is 2.71. The molecule has 0 saturated carbocycles. The van der Waals surface area contributed by atoms with Crippen molar-refractivity contribution < 1.29 is 19.1 Å². The van der Waals surface area contributed by atoms with Crippen LogP contribution in [0, 0.1) is 11.8 Å². The van der Waals surface area contributed by atoms with E-state index in [2.05, 4.69) is 21.2 Å². The molecule has 0 aliphatic heterocycles. The van der Waals surface area contributed by atoms with E-state index in [0.717, 1.165) is 0 Å². The van der Waals surface area contributed by atoms with Crippen LogP contribution in [0.1, 0.15) is 19.6 Å². The molecule has 0 radical (unpaired) electrons. The van der Waals surface area contributed by atoms with Gasteiger partial charge in [-0.2, -0.15) is 0 Å². The number of furan rings is 1. The molecule has 2 N–H and O–H groups in total. The molecule has 1 aromatic heterocycles. The molecule has 6 heteroatoms. The summed E-state index contributed by atoms with van der Waals surface area (Å²) in [6.07, 6.45) is 2.83. The van der Waals surface area contributed by atoms with Crippen LogP contribution in [0.2, 0.25) is 0 Å². The Balaban J connectivity index is 2.47. The number of hydrogen-bond acceptors (Lipinski definition) is 3. The van der Waals surface area contributed by atoms with Crippen LogP contribution in [-0.2, 0) is 9.59 Å². The first-order chi connectivity index (χ1) is 8.90. The second kappa shape index (κ2) is 7.13. The van der Waals surface area contributed by atoms with Gasteiger partial charge in [0.15, 0.2) is 4.67 Å². The van der Waals surface area contributed by atoms with E-state index in [4.69, 9.17) is 9.52 Å². The van der Waals surface area contributed by atoms with Crippen LogP contribution in [0.4, 0.5) is 0 Å². The van der Waals surface area contributed by atoms with E-state index >= 15 is 0 Å². The van der Waals surface area contributed by atoms with Gasteiger partial charge in [0.25, 0.3) is 0 Å². The number of halogens is 1. The van der Waals surface area contributed by atoms with Crippen molar-refractivity contribution in [1.82, 2.24) is 5.32 Å². The first kappa shape index (κ1) is 15.5. The number of rotatable bonds is 6. The number of carbonyl (C=O) groups excluding carboxylic acids is 1.